The molecule has 1 aromatic rings. The summed E-state index contributed by atoms with van der Waals surface area (Å²) < 4.78 is 0. The van der Waals surface area contributed by atoms with E-state index in [0.29, 0.717) is 12.2 Å². The van der Waals surface area contributed by atoms with Crippen molar-refractivity contribution in [2.75, 3.05) is 18.0 Å². The van der Waals surface area contributed by atoms with Crippen LogP contribution in [0.15, 0.2) is 18.3 Å². The summed E-state index contributed by atoms with van der Waals surface area (Å²) in [5.41, 5.74) is 7.04. The average Bonchev–Trinajstić information content (AvgIpc) is 2.33. The fraction of sp³-hybridized carbons (Fsp3) is 0.364. The molecule has 17 heavy (non-hydrogen) atoms. The molecular formula is C11H14N4OS. The number of aromatic nitrogens is 1. The third-order valence-electron chi connectivity index (χ3n) is 2.83. The Labute approximate surface area is 105 Å². The normalized spacial score (nSPS) is 19.9. The van der Waals surface area contributed by atoms with Gasteiger partial charge in [-0.3, -0.25) is 9.78 Å². The van der Waals surface area contributed by atoms with Crippen molar-refractivity contribution in [2.24, 2.45) is 5.73 Å². The molecule has 2 rings (SSSR count). The van der Waals surface area contributed by atoms with Crippen molar-refractivity contribution in [1.82, 2.24) is 10.3 Å². The quantitative estimate of drug-likeness (QED) is 0.725. The summed E-state index contributed by atoms with van der Waals surface area (Å²) in [4.78, 5) is 18.0. The molecule has 0 bridgehead atoms. The first kappa shape index (κ1) is 11.8. The first-order valence-electron chi connectivity index (χ1n) is 5.40. The van der Waals surface area contributed by atoms with E-state index in [4.69, 9.17) is 18.0 Å². The van der Waals surface area contributed by atoms with Gasteiger partial charge in [0.05, 0.1) is 5.69 Å². The molecule has 0 aliphatic carbocycles. The van der Waals surface area contributed by atoms with Crippen LogP contribution in [-0.2, 0) is 4.79 Å². The largest absolute Gasteiger partial charge is 0.388 e. The monoisotopic (exact) mass is 250 g/mol. The Bertz CT molecular complexity index is 463. The summed E-state index contributed by atoms with van der Waals surface area (Å²) in [6, 6.07) is 3.47. The van der Waals surface area contributed by atoms with Crippen LogP contribution in [0.2, 0.25) is 0 Å². The molecule has 0 aromatic carbocycles. The number of carbonyl (C=O) groups excluding carboxylic acids is 1. The van der Waals surface area contributed by atoms with Gasteiger partial charge in [0, 0.05) is 19.3 Å². The molecule has 3 N–H and O–H groups in total. The molecule has 0 saturated carbocycles. The zero-order valence-corrected chi connectivity index (χ0v) is 10.3. The number of rotatable bonds is 2. The van der Waals surface area contributed by atoms with E-state index in [-0.39, 0.29) is 16.9 Å². The van der Waals surface area contributed by atoms with Crippen molar-refractivity contribution in [3.8, 4) is 0 Å². The lowest BCUT2D eigenvalue weighted by molar-refractivity contribution is -0.122. The van der Waals surface area contributed by atoms with E-state index < -0.39 is 0 Å². The number of hydrogen-bond acceptors (Lipinski definition) is 4. The Morgan fingerprint density at radius 1 is 1.71 bits per heavy atom. The summed E-state index contributed by atoms with van der Waals surface area (Å²) in [6.07, 6.45) is 1.65. The predicted octanol–water partition coefficient (Wildman–Crippen LogP) is 0.0405. The molecule has 5 nitrogen and oxygen atoms in total. The second-order valence-corrected chi connectivity index (χ2v) is 4.34. The van der Waals surface area contributed by atoms with Crippen LogP contribution in [0, 0.1) is 0 Å². The Morgan fingerprint density at radius 3 is 3.18 bits per heavy atom. The van der Waals surface area contributed by atoms with Crippen LogP contribution in [0.4, 0.5) is 5.69 Å². The van der Waals surface area contributed by atoms with Crippen LogP contribution >= 0.6 is 12.2 Å². The Kier molecular flexibility index (Phi) is 3.23. The highest BCUT2D eigenvalue weighted by Crippen LogP contribution is 2.21. The molecule has 2 heterocycles. The highest BCUT2D eigenvalue weighted by atomic mass is 32.1. The second kappa shape index (κ2) is 4.67. The van der Waals surface area contributed by atoms with Gasteiger partial charge < -0.3 is 16.0 Å². The molecule has 1 aliphatic rings. The van der Waals surface area contributed by atoms with Crippen LogP contribution < -0.4 is 16.0 Å². The van der Waals surface area contributed by atoms with Gasteiger partial charge in [0.25, 0.3) is 0 Å². The topological polar surface area (TPSA) is 71.2 Å². The molecule has 1 saturated heterocycles. The minimum Gasteiger partial charge on any atom is -0.388 e. The van der Waals surface area contributed by atoms with Gasteiger partial charge in [-0.1, -0.05) is 12.2 Å². The van der Waals surface area contributed by atoms with Gasteiger partial charge in [0.1, 0.15) is 16.7 Å². The molecule has 1 atom stereocenters. The maximum absolute atomic E-state index is 11.6. The smallest absolute Gasteiger partial charge is 0.242 e. The number of piperazine rings is 1. The highest BCUT2D eigenvalue weighted by molar-refractivity contribution is 7.80. The zero-order valence-electron chi connectivity index (χ0n) is 9.51. The maximum Gasteiger partial charge on any atom is 0.242 e. The van der Waals surface area contributed by atoms with Crippen LogP contribution in [0.5, 0.6) is 0 Å². The van der Waals surface area contributed by atoms with Crippen LogP contribution in [0.1, 0.15) is 12.6 Å². The number of thiocarbonyl (C=S) groups is 1. The minimum atomic E-state index is -0.235. The Morgan fingerprint density at radius 2 is 2.47 bits per heavy atom. The molecular weight excluding hydrogens is 236 g/mol. The number of nitrogens with zero attached hydrogens (tertiary/aromatic N) is 2. The molecule has 1 fully saturated rings. The first-order valence-corrected chi connectivity index (χ1v) is 5.81. The highest BCUT2D eigenvalue weighted by Gasteiger charge is 2.27. The average molecular weight is 250 g/mol. The van der Waals surface area contributed by atoms with Crippen LogP contribution in [-0.4, -0.2) is 35.0 Å². The van der Waals surface area contributed by atoms with Crippen molar-refractivity contribution in [1.29, 1.82) is 0 Å². The van der Waals surface area contributed by atoms with Crippen molar-refractivity contribution >= 4 is 28.8 Å². The second-order valence-electron chi connectivity index (χ2n) is 3.90. The molecule has 6 heteroatoms. The van der Waals surface area contributed by atoms with Crippen molar-refractivity contribution in [3.63, 3.8) is 0 Å². The molecule has 1 amide bonds. The van der Waals surface area contributed by atoms with Crippen LogP contribution in [0.3, 0.4) is 0 Å². The summed E-state index contributed by atoms with van der Waals surface area (Å²) in [5, 5.41) is 2.82. The summed E-state index contributed by atoms with van der Waals surface area (Å²) in [6.45, 7) is 3.20. The lowest BCUT2D eigenvalue weighted by Gasteiger charge is -2.35. The third-order valence-corrected chi connectivity index (χ3v) is 3.02. The summed E-state index contributed by atoms with van der Waals surface area (Å²) in [5.74, 6) is 0.00833. The third kappa shape index (κ3) is 2.21. The number of anilines is 1. The molecule has 1 aliphatic heterocycles. The number of hydrogen-bond donors (Lipinski definition) is 2. The van der Waals surface area contributed by atoms with Crippen LogP contribution in [0.25, 0.3) is 0 Å². The number of nitrogens with two attached hydrogens (primary N) is 1. The molecule has 90 valence electrons. The Hall–Kier alpha value is -1.69. The standard InChI is InChI=1S/C11H14N4OS/c1-7-11(16)14-5-6-15(7)8-3-2-4-13-9(8)10(12)17/h2-4,7H,5-6H2,1H3,(H2,12,17)(H,14,16). The van der Waals surface area contributed by atoms with Crippen molar-refractivity contribution < 1.29 is 4.79 Å². The predicted molar refractivity (Wildman–Crippen MR) is 69.9 cm³/mol. The summed E-state index contributed by atoms with van der Waals surface area (Å²) >= 11 is 4.98. The van der Waals surface area contributed by atoms with Gasteiger partial charge in [-0.15, -0.1) is 0 Å². The summed E-state index contributed by atoms with van der Waals surface area (Å²) in [7, 11) is 0. The van der Waals surface area contributed by atoms with Gasteiger partial charge in [-0.05, 0) is 19.1 Å². The van der Waals surface area contributed by atoms with E-state index in [1.807, 2.05) is 24.0 Å². The lowest BCUT2D eigenvalue weighted by Crippen LogP contribution is -2.54. The number of amides is 1. The molecule has 0 radical (unpaired) electrons. The zero-order chi connectivity index (χ0) is 12.4. The number of carbonyl (C=O) groups is 1. The Balaban J connectivity index is 2.39. The minimum absolute atomic E-state index is 0.00833. The number of pyridine rings is 1. The van der Waals surface area contributed by atoms with Crippen molar-refractivity contribution in [3.05, 3.63) is 24.0 Å². The SMILES string of the molecule is CC1C(=O)NCCN1c1cccnc1C(N)=S. The maximum atomic E-state index is 11.6. The van der Waals surface area contributed by atoms with Crippen molar-refractivity contribution in [2.45, 2.75) is 13.0 Å². The fourth-order valence-electron chi connectivity index (χ4n) is 1.93. The van der Waals surface area contributed by atoms with E-state index in [1.165, 1.54) is 0 Å². The van der Waals surface area contributed by atoms with Gasteiger partial charge in [0.2, 0.25) is 5.91 Å². The van der Waals surface area contributed by atoms with E-state index >= 15 is 0 Å². The van der Waals surface area contributed by atoms with E-state index in [1.54, 1.807) is 6.20 Å². The van der Waals surface area contributed by atoms with Gasteiger partial charge in [-0.25, -0.2) is 0 Å². The van der Waals surface area contributed by atoms with E-state index in [0.717, 1.165) is 12.2 Å². The van der Waals surface area contributed by atoms with E-state index in [2.05, 4.69) is 10.3 Å². The molecule has 1 aromatic heterocycles. The number of nitrogens with one attached hydrogen (secondary N) is 1. The lowest BCUT2D eigenvalue weighted by atomic mass is 10.1. The van der Waals surface area contributed by atoms with E-state index in [9.17, 15) is 4.79 Å². The van der Waals surface area contributed by atoms with Gasteiger partial charge in [-0.2, -0.15) is 0 Å². The van der Waals surface area contributed by atoms with Gasteiger partial charge >= 0.3 is 0 Å². The molecule has 0 spiro atoms. The van der Waals surface area contributed by atoms with Gasteiger partial charge in [0.15, 0.2) is 0 Å². The molecule has 1 unspecified atom stereocenters. The fourth-order valence-corrected chi connectivity index (χ4v) is 2.09. The first-order chi connectivity index (χ1) is 8.11.